The van der Waals surface area contributed by atoms with E-state index in [1.807, 2.05) is 30.9 Å². The first-order valence-corrected chi connectivity index (χ1v) is 9.89. The van der Waals surface area contributed by atoms with E-state index in [9.17, 15) is 9.59 Å². The fraction of sp³-hybridized carbons (Fsp3) is 0.391. The summed E-state index contributed by atoms with van der Waals surface area (Å²) in [5, 5.41) is 2.61. The highest BCUT2D eigenvalue weighted by molar-refractivity contribution is 5.95. The maximum absolute atomic E-state index is 13.2. The van der Waals surface area contributed by atoms with Crippen molar-refractivity contribution in [2.75, 3.05) is 14.2 Å². The van der Waals surface area contributed by atoms with Crippen molar-refractivity contribution < 1.29 is 19.1 Å². The van der Waals surface area contributed by atoms with E-state index >= 15 is 0 Å². The molecule has 2 aromatic rings. The highest BCUT2D eigenvalue weighted by atomic mass is 16.5. The maximum Gasteiger partial charge on any atom is 0.254 e. The lowest BCUT2D eigenvalue weighted by atomic mass is 10.1. The van der Waals surface area contributed by atoms with Gasteiger partial charge < -0.3 is 19.7 Å². The van der Waals surface area contributed by atoms with Gasteiger partial charge in [-0.1, -0.05) is 12.1 Å². The minimum Gasteiger partial charge on any atom is -0.493 e. The van der Waals surface area contributed by atoms with E-state index in [0.717, 1.165) is 18.4 Å². The molecule has 0 heterocycles. The molecule has 6 nitrogen and oxygen atoms in total. The molecule has 0 bridgehead atoms. The Labute approximate surface area is 171 Å². The number of hydrogen-bond donors (Lipinski definition) is 1. The van der Waals surface area contributed by atoms with Gasteiger partial charge in [0, 0.05) is 30.8 Å². The zero-order chi connectivity index (χ0) is 21.0. The average Bonchev–Trinajstić information content (AvgIpc) is 3.56. The molecule has 1 aliphatic carbocycles. The van der Waals surface area contributed by atoms with E-state index in [4.69, 9.17) is 9.47 Å². The lowest BCUT2D eigenvalue weighted by Crippen LogP contribution is -2.32. The molecule has 1 saturated carbocycles. The van der Waals surface area contributed by atoms with Crippen LogP contribution in [-0.4, -0.2) is 43.0 Å². The van der Waals surface area contributed by atoms with Crippen LogP contribution in [-0.2, 0) is 6.54 Å². The lowest BCUT2D eigenvalue weighted by molar-refractivity contribution is 0.0729. The molecule has 6 heteroatoms. The van der Waals surface area contributed by atoms with Gasteiger partial charge in [-0.25, -0.2) is 0 Å². The fourth-order valence-electron chi connectivity index (χ4n) is 3.17. The second-order valence-electron chi connectivity index (χ2n) is 7.47. The van der Waals surface area contributed by atoms with Crippen molar-refractivity contribution >= 4 is 11.8 Å². The first-order valence-electron chi connectivity index (χ1n) is 9.89. The molecule has 2 amide bonds. The zero-order valence-electron chi connectivity index (χ0n) is 17.4. The van der Waals surface area contributed by atoms with Gasteiger partial charge in [-0.15, -0.1) is 0 Å². The van der Waals surface area contributed by atoms with E-state index in [-0.39, 0.29) is 24.0 Å². The van der Waals surface area contributed by atoms with Crippen molar-refractivity contribution in [2.24, 2.45) is 0 Å². The molecule has 0 aliphatic heterocycles. The van der Waals surface area contributed by atoms with Crippen molar-refractivity contribution in [3.63, 3.8) is 0 Å². The molecular formula is C23H28N2O4. The summed E-state index contributed by atoms with van der Waals surface area (Å²) in [5.41, 5.74) is 2.17. The number of carbonyl (C=O) groups excluding carboxylic acids is 2. The second-order valence-corrected chi connectivity index (χ2v) is 7.47. The predicted octanol–water partition coefficient (Wildman–Crippen LogP) is 3.65. The van der Waals surface area contributed by atoms with Crippen LogP contribution in [0.3, 0.4) is 0 Å². The molecular weight excluding hydrogens is 368 g/mol. The average molecular weight is 396 g/mol. The summed E-state index contributed by atoms with van der Waals surface area (Å²) >= 11 is 0. The van der Waals surface area contributed by atoms with Crippen molar-refractivity contribution in [1.82, 2.24) is 10.2 Å². The predicted molar refractivity (Wildman–Crippen MR) is 111 cm³/mol. The SMILES string of the molecule is CNC(=O)c1ccc(CN(C(=O)c2ccc(OC(C)C)c(OC)c2)C2CC2)cc1. The monoisotopic (exact) mass is 396 g/mol. The standard InChI is InChI=1S/C23H28N2O4/c1-15(2)29-20-12-9-18(13-21(20)28-4)23(27)25(19-10-11-19)14-16-5-7-17(8-6-16)22(26)24-3/h5-9,12-13,15,19H,10-11,14H2,1-4H3,(H,24,26). The molecule has 2 aromatic carbocycles. The Kier molecular flexibility index (Phi) is 6.42. The van der Waals surface area contributed by atoms with E-state index < -0.39 is 0 Å². The lowest BCUT2D eigenvalue weighted by Gasteiger charge is -2.23. The highest BCUT2D eigenvalue weighted by Gasteiger charge is 2.33. The maximum atomic E-state index is 13.2. The van der Waals surface area contributed by atoms with Gasteiger partial charge in [0.1, 0.15) is 0 Å². The Morgan fingerprint density at radius 3 is 2.28 bits per heavy atom. The number of carbonyl (C=O) groups is 2. The summed E-state index contributed by atoms with van der Waals surface area (Å²) in [7, 11) is 3.18. The zero-order valence-corrected chi connectivity index (χ0v) is 17.4. The molecule has 0 unspecified atom stereocenters. The summed E-state index contributed by atoms with van der Waals surface area (Å²) in [6.45, 7) is 4.40. The van der Waals surface area contributed by atoms with Crippen LogP contribution in [0.15, 0.2) is 42.5 Å². The van der Waals surface area contributed by atoms with Crippen LogP contribution in [0.2, 0.25) is 0 Å². The molecule has 1 fully saturated rings. The summed E-state index contributed by atoms with van der Waals surface area (Å²) in [6.07, 6.45) is 2.03. The Bertz CT molecular complexity index is 873. The molecule has 1 N–H and O–H groups in total. The molecule has 0 aromatic heterocycles. The summed E-state index contributed by atoms with van der Waals surface area (Å²) < 4.78 is 11.2. The molecule has 3 rings (SSSR count). The third kappa shape index (κ3) is 5.08. The normalized spacial score (nSPS) is 13.1. The number of ether oxygens (including phenoxy) is 2. The van der Waals surface area contributed by atoms with E-state index in [2.05, 4.69) is 5.32 Å². The first kappa shape index (κ1) is 20.7. The van der Waals surface area contributed by atoms with Gasteiger partial charge >= 0.3 is 0 Å². The molecule has 0 atom stereocenters. The van der Waals surface area contributed by atoms with Gasteiger partial charge in [-0.2, -0.15) is 0 Å². The molecule has 1 aliphatic rings. The van der Waals surface area contributed by atoms with E-state index in [1.54, 1.807) is 44.5 Å². The van der Waals surface area contributed by atoms with Crippen LogP contribution in [0.1, 0.15) is 53.0 Å². The minimum absolute atomic E-state index is 0.0196. The Morgan fingerprint density at radius 2 is 1.72 bits per heavy atom. The number of amides is 2. The highest BCUT2D eigenvalue weighted by Crippen LogP contribution is 2.33. The van der Waals surface area contributed by atoms with Gasteiger partial charge in [-0.05, 0) is 62.6 Å². The Morgan fingerprint density at radius 1 is 1.07 bits per heavy atom. The molecule has 0 saturated heterocycles. The number of benzene rings is 2. The van der Waals surface area contributed by atoms with Gasteiger partial charge in [0.15, 0.2) is 11.5 Å². The topological polar surface area (TPSA) is 67.9 Å². The smallest absolute Gasteiger partial charge is 0.254 e. The number of methoxy groups -OCH3 is 1. The number of rotatable bonds is 8. The van der Waals surface area contributed by atoms with E-state index in [0.29, 0.717) is 29.2 Å². The summed E-state index contributed by atoms with van der Waals surface area (Å²) in [5.74, 6) is 1.02. The van der Waals surface area contributed by atoms with E-state index in [1.165, 1.54) is 0 Å². The van der Waals surface area contributed by atoms with Gasteiger partial charge in [0.25, 0.3) is 11.8 Å². The third-order valence-corrected chi connectivity index (χ3v) is 4.82. The Balaban J connectivity index is 1.79. The van der Waals surface area contributed by atoms with Gasteiger partial charge in [-0.3, -0.25) is 9.59 Å². The van der Waals surface area contributed by atoms with Crippen molar-refractivity contribution in [3.05, 3.63) is 59.2 Å². The van der Waals surface area contributed by atoms with Crippen LogP contribution in [0.25, 0.3) is 0 Å². The number of hydrogen-bond acceptors (Lipinski definition) is 4. The fourth-order valence-corrected chi connectivity index (χ4v) is 3.17. The quantitative estimate of drug-likeness (QED) is 0.740. The Hall–Kier alpha value is -3.02. The van der Waals surface area contributed by atoms with Crippen LogP contribution in [0, 0.1) is 0 Å². The summed E-state index contributed by atoms with van der Waals surface area (Å²) in [6, 6.07) is 12.9. The van der Waals surface area contributed by atoms with Crippen LogP contribution in [0.5, 0.6) is 11.5 Å². The first-order chi connectivity index (χ1) is 13.9. The number of nitrogens with one attached hydrogen (secondary N) is 1. The van der Waals surface area contributed by atoms with Crippen LogP contribution < -0.4 is 14.8 Å². The molecule has 0 spiro atoms. The van der Waals surface area contributed by atoms with Crippen LogP contribution >= 0.6 is 0 Å². The largest absolute Gasteiger partial charge is 0.493 e. The van der Waals surface area contributed by atoms with Crippen molar-refractivity contribution in [3.8, 4) is 11.5 Å². The van der Waals surface area contributed by atoms with Gasteiger partial charge in [0.05, 0.1) is 13.2 Å². The number of nitrogens with zero attached hydrogens (tertiary/aromatic N) is 1. The minimum atomic E-state index is -0.123. The third-order valence-electron chi connectivity index (χ3n) is 4.82. The molecule has 154 valence electrons. The van der Waals surface area contributed by atoms with Crippen LogP contribution in [0.4, 0.5) is 0 Å². The second kappa shape index (κ2) is 8.99. The molecule has 29 heavy (non-hydrogen) atoms. The molecule has 0 radical (unpaired) electrons. The van der Waals surface area contributed by atoms with Gasteiger partial charge in [0.2, 0.25) is 0 Å². The summed E-state index contributed by atoms with van der Waals surface area (Å²) in [4.78, 5) is 26.8. The van der Waals surface area contributed by atoms with Crippen molar-refractivity contribution in [2.45, 2.75) is 45.4 Å². The van der Waals surface area contributed by atoms with Crippen molar-refractivity contribution in [1.29, 1.82) is 0 Å².